The van der Waals surface area contributed by atoms with Crippen LogP contribution in [0.25, 0.3) is 0 Å². The maximum absolute atomic E-state index is 13.1. The van der Waals surface area contributed by atoms with E-state index in [9.17, 15) is 40.5 Å². The van der Waals surface area contributed by atoms with Crippen molar-refractivity contribution in [3.8, 4) is 11.5 Å². The average Bonchev–Trinajstić information content (AvgIpc) is 2.73. The fraction of sp³-hybridized carbons (Fsp3) is 0.190. The zero-order chi connectivity index (χ0) is 21.7. The van der Waals surface area contributed by atoms with Gasteiger partial charge in [0, 0.05) is 0 Å². The van der Waals surface area contributed by atoms with E-state index in [2.05, 4.69) is 0 Å². The maximum atomic E-state index is 13.1. The average molecular weight is 414 g/mol. The van der Waals surface area contributed by atoms with Crippen molar-refractivity contribution in [2.75, 3.05) is 6.61 Å². The normalized spacial score (nSPS) is 20.7. The molecule has 7 N–H and O–H groups in total. The summed E-state index contributed by atoms with van der Waals surface area (Å²) in [6.07, 6.45) is -1.41. The lowest BCUT2D eigenvalue weighted by molar-refractivity contribution is 0.0385. The van der Waals surface area contributed by atoms with E-state index < -0.39 is 59.8 Å². The number of ether oxygens (including phenoxy) is 1. The monoisotopic (exact) mass is 414 g/mol. The van der Waals surface area contributed by atoms with Crippen molar-refractivity contribution in [2.24, 2.45) is 0 Å². The fourth-order valence-electron chi connectivity index (χ4n) is 3.97. The number of carbonyl (C=O) groups is 1. The third kappa shape index (κ3) is 2.67. The standard InChI is InChI=1S/C21H18O9/c22-6-8-4-10-14(21-20(29)19(28)17(26)13(7-23)30-21)9-2-1-3-11(24)15(9)18(27)16(10)12(25)5-8/h1-5,14,21-26,28-29H,6-7H2. The minimum atomic E-state index is -1.41. The van der Waals surface area contributed by atoms with Gasteiger partial charge in [-0.1, -0.05) is 18.2 Å². The molecule has 4 rings (SSSR count). The van der Waals surface area contributed by atoms with Crippen molar-refractivity contribution in [2.45, 2.75) is 18.6 Å². The lowest BCUT2D eigenvalue weighted by Crippen LogP contribution is -2.35. The van der Waals surface area contributed by atoms with Crippen LogP contribution in [0.15, 0.2) is 53.4 Å². The SMILES string of the molecule is O=C1c2c(O)cccc2C(C2OC(CO)=C(O)C(O)=C2O)c2cc(CO)cc(O)c21. The number of rotatable bonds is 3. The largest absolute Gasteiger partial charge is 0.507 e. The number of aliphatic hydroxyl groups excluding tert-OH is 5. The summed E-state index contributed by atoms with van der Waals surface area (Å²) in [5, 5.41) is 70.3. The minimum Gasteiger partial charge on any atom is -0.507 e. The molecule has 2 aromatic carbocycles. The summed E-state index contributed by atoms with van der Waals surface area (Å²) < 4.78 is 5.55. The smallest absolute Gasteiger partial charge is 0.203 e. The number of phenols is 2. The van der Waals surface area contributed by atoms with Gasteiger partial charge in [-0.2, -0.15) is 0 Å². The lowest BCUT2D eigenvalue weighted by Gasteiger charge is -2.36. The van der Waals surface area contributed by atoms with Gasteiger partial charge in [-0.25, -0.2) is 0 Å². The van der Waals surface area contributed by atoms with Crippen LogP contribution in [-0.4, -0.2) is 54.2 Å². The van der Waals surface area contributed by atoms with Gasteiger partial charge in [0.25, 0.3) is 0 Å². The third-order valence-electron chi connectivity index (χ3n) is 5.31. The number of benzene rings is 2. The van der Waals surface area contributed by atoms with Crippen molar-refractivity contribution < 1.29 is 45.3 Å². The van der Waals surface area contributed by atoms with Gasteiger partial charge in [0.15, 0.2) is 17.6 Å². The predicted octanol–water partition coefficient (Wildman–Crippen LogP) is 1.75. The molecule has 0 saturated heterocycles. The maximum Gasteiger partial charge on any atom is 0.203 e. The second-order valence-corrected chi connectivity index (χ2v) is 6.99. The van der Waals surface area contributed by atoms with Crippen LogP contribution in [0.3, 0.4) is 0 Å². The van der Waals surface area contributed by atoms with Gasteiger partial charge in [0.05, 0.1) is 23.7 Å². The van der Waals surface area contributed by atoms with E-state index in [1.165, 1.54) is 30.3 Å². The van der Waals surface area contributed by atoms with Crippen LogP contribution in [-0.2, 0) is 11.3 Å². The Balaban J connectivity index is 2.02. The molecule has 0 amide bonds. The molecule has 156 valence electrons. The second kappa shape index (κ2) is 6.97. The van der Waals surface area contributed by atoms with Crippen LogP contribution in [0.1, 0.15) is 38.5 Å². The summed E-state index contributed by atoms with van der Waals surface area (Å²) in [7, 11) is 0. The molecule has 30 heavy (non-hydrogen) atoms. The molecule has 2 aromatic rings. The number of carbonyl (C=O) groups excluding carboxylic acids is 1. The van der Waals surface area contributed by atoms with E-state index in [0.717, 1.165) is 0 Å². The molecule has 9 nitrogen and oxygen atoms in total. The number of fused-ring (bicyclic) bond motifs is 2. The first kappa shape index (κ1) is 19.6. The van der Waals surface area contributed by atoms with Crippen LogP contribution < -0.4 is 0 Å². The summed E-state index contributed by atoms with van der Waals surface area (Å²) in [5.41, 5.74) is 0.390. The number of aromatic hydroxyl groups is 2. The van der Waals surface area contributed by atoms with Crippen molar-refractivity contribution >= 4 is 5.78 Å². The molecule has 1 aliphatic carbocycles. The summed E-state index contributed by atoms with van der Waals surface area (Å²) in [4.78, 5) is 13.1. The highest BCUT2D eigenvalue weighted by Crippen LogP contribution is 2.48. The number of aliphatic hydroxyl groups is 5. The molecule has 2 atom stereocenters. The lowest BCUT2D eigenvalue weighted by atomic mass is 9.73. The van der Waals surface area contributed by atoms with Crippen molar-refractivity contribution in [3.05, 3.63) is 81.2 Å². The van der Waals surface area contributed by atoms with Crippen LogP contribution in [0.5, 0.6) is 11.5 Å². The molecule has 0 radical (unpaired) electrons. The summed E-state index contributed by atoms with van der Waals surface area (Å²) in [6.45, 7) is -1.23. The first-order chi connectivity index (χ1) is 14.3. The van der Waals surface area contributed by atoms with Gasteiger partial charge in [-0.3, -0.25) is 4.79 Å². The Kier molecular flexibility index (Phi) is 4.56. The van der Waals surface area contributed by atoms with Gasteiger partial charge in [-0.05, 0) is 28.8 Å². The second-order valence-electron chi connectivity index (χ2n) is 6.99. The molecule has 0 aromatic heterocycles. The Morgan fingerprint density at radius 3 is 2.20 bits per heavy atom. The molecule has 1 heterocycles. The predicted molar refractivity (Wildman–Crippen MR) is 101 cm³/mol. The van der Waals surface area contributed by atoms with Crippen LogP contribution >= 0.6 is 0 Å². The zero-order valence-corrected chi connectivity index (χ0v) is 15.4. The summed E-state index contributed by atoms with van der Waals surface area (Å²) in [6, 6.07) is 6.91. The van der Waals surface area contributed by atoms with E-state index >= 15 is 0 Å². The molecule has 2 unspecified atom stereocenters. The van der Waals surface area contributed by atoms with Crippen molar-refractivity contribution in [3.63, 3.8) is 0 Å². The van der Waals surface area contributed by atoms with Crippen LogP contribution in [0, 0.1) is 0 Å². The van der Waals surface area contributed by atoms with Crippen molar-refractivity contribution in [1.82, 2.24) is 0 Å². The Morgan fingerprint density at radius 2 is 1.53 bits per heavy atom. The van der Waals surface area contributed by atoms with Crippen LogP contribution in [0.4, 0.5) is 0 Å². The third-order valence-corrected chi connectivity index (χ3v) is 5.31. The van der Waals surface area contributed by atoms with Gasteiger partial charge in [0.1, 0.15) is 18.1 Å². The van der Waals surface area contributed by atoms with Crippen LogP contribution in [0.2, 0.25) is 0 Å². The highest BCUT2D eigenvalue weighted by atomic mass is 16.5. The number of phenolic OH excluding ortho intramolecular Hbond substituents is 2. The van der Waals surface area contributed by atoms with E-state index in [-0.39, 0.29) is 33.6 Å². The molecule has 0 saturated carbocycles. The molecule has 0 fully saturated rings. The van der Waals surface area contributed by atoms with Gasteiger partial charge >= 0.3 is 0 Å². The highest BCUT2D eigenvalue weighted by Gasteiger charge is 2.44. The van der Waals surface area contributed by atoms with E-state index in [4.69, 9.17) is 4.74 Å². The minimum absolute atomic E-state index is 0.123. The number of ketones is 1. The first-order valence-electron chi connectivity index (χ1n) is 8.95. The van der Waals surface area contributed by atoms with Crippen molar-refractivity contribution in [1.29, 1.82) is 0 Å². The molecule has 0 spiro atoms. The number of hydrogen-bond donors (Lipinski definition) is 7. The first-order valence-corrected chi connectivity index (χ1v) is 8.95. The molecule has 2 aliphatic rings. The van der Waals surface area contributed by atoms with E-state index in [1.54, 1.807) is 0 Å². The molecule has 0 bridgehead atoms. The fourth-order valence-corrected chi connectivity index (χ4v) is 3.97. The quantitative estimate of drug-likeness (QED) is 0.396. The summed E-state index contributed by atoms with van der Waals surface area (Å²) >= 11 is 0. The molecular formula is C21H18O9. The number of hydrogen-bond acceptors (Lipinski definition) is 9. The van der Waals surface area contributed by atoms with Gasteiger partial charge in [-0.15, -0.1) is 0 Å². The van der Waals surface area contributed by atoms with E-state index in [1.807, 2.05) is 0 Å². The topological polar surface area (TPSA) is 168 Å². The Bertz CT molecular complexity index is 1130. The van der Waals surface area contributed by atoms with Gasteiger partial charge < -0.3 is 40.5 Å². The Morgan fingerprint density at radius 1 is 0.833 bits per heavy atom. The van der Waals surface area contributed by atoms with Gasteiger partial charge in [0.2, 0.25) is 17.3 Å². The highest BCUT2D eigenvalue weighted by molar-refractivity contribution is 6.16. The van der Waals surface area contributed by atoms with E-state index in [0.29, 0.717) is 0 Å². The zero-order valence-electron chi connectivity index (χ0n) is 15.4. The Labute approximate surface area is 169 Å². The Hall–Kier alpha value is -3.69. The summed E-state index contributed by atoms with van der Waals surface area (Å²) in [5.74, 6) is -5.42. The molecule has 9 heteroatoms. The molecular weight excluding hydrogens is 396 g/mol. The molecule has 1 aliphatic heterocycles.